The lowest BCUT2D eigenvalue weighted by Crippen LogP contribution is -2.21. The minimum atomic E-state index is -0.463. The van der Waals surface area contributed by atoms with Crippen LogP contribution in [0.4, 0.5) is 5.69 Å². The summed E-state index contributed by atoms with van der Waals surface area (Å²) in [7, 11) is 0. The van der Waals surface area contributed by atoms with Crippen LogP contribution in [-0.4, -0.2) is 16.5 Å². The smallest absolute Gasteiger partial charge is 0.270 e. The third kappa shape index (κ3) is 4.74. The van der Waals surface area contributed by atoms with Crippen molar-refractivity contribution in [3.8, 4) is 0 Å². The Morgan fingerprint density at radius 3 is 2.46 bits per heavy atom. The van der Waals surface area contributed by atoms with Crippen LogP contribution < -0.4 is 5.43 Å². The molecule has 2 aromatic rings. The number of amides is 1. The molecule has 1 N–H and O–H groups in total. The fourth-order valence-corrected chi connectivity index (χ4v) is 2.17. The number of nitro benzene ring substituents is 1. The zero-order chi connectivity index (χ0) is 17.5. The van der Waals surface area contributed by atoms with Crippen LogP contribution in [0.2, 0.25) is 0 Å². The number of benzene rings is 2. The number of nitro groups is 1. The van der Waals surface area contributed by atoms with Crippen molar-refractivity contribution in [1.82, 2.24) is 5.43 Å². The average molecular weight is 325 g/mol. The molecule has 6 heteroatoms. The third-order valence-electron chi connectivity index (χ3n) is 3.62. The first kappa shape index (κ1) is 17.3. The van der Waals surface area contributed by atoms with Crippen LogP contribution in [0.15, 0.2) is 53.6 Å². The van der Waals surface area contributed by atoms with Crippen molar-refractivity contribution in [2.24, 2.45) is 5.10 Å². The summed E-state index contributed by atoms with van der Waals surface area (Å²) in [5.74, 6) is -0.232. The fraction of sp³-hybridized carbons (Fsp3) is 0.222. The van der Waals surface area contributed by atoms with Crippen LogP contribution in [0.1, 0.15) is 30.5 Å². The molecular weight excluding hydrogens is 306 g/mol. The molecule has 0 aromatic heterocycles. The largest absolute Gasteiger partial charge is 0.273 e. The summed E-state index contributed by atoms with van der Waals surface area (Å²) >= 11 is 0. The van der Waals surface area contributed by atoms with Gasteiger partial charge in [0.25, 0.3) is 5.69 Å². The molecule has 0 unspecified atom stereocenters. The van der Waals surface area contributed by atoms with E-state index in [1.807, 2.05) is 24.3 Å². The van der Waals surface area contributed by atoms with Crippen LogP contribution >= 0.6 is 0 Å². The lowest BCUT2D eigenvalue weighted by atomic mass is 10.1. The highest BCUT2D eigenvalue weighted by atomic mass is 16.6. The van der Waals surface area contributed by atoms with Gasteiger partial charge in [-0.15, -0.1) is 0 Å². The van der Waals surface area contributed by atoms with Gasteiger partial charge in [-0.05, 0) is 24.5 Å². The summed E-state index contributed by atoms with van der Waals surface area (Å²) in [6.45, 7) is 3.77. The topological polar surface area (TPSA) is 84.6 Å². The van der Waals surface area contributed by atoms with Gasteiger partial charge in [0, 0.05) is 17.7 Å². The van der Waals surface area contributed by atoms with E-state index in [1.54, 1.807) is 19.1 Å². The fourth-order valence-electron chi connectivity index (χ4n) is 2.17. The van der Waals surface area contributed by atoms with Crippen molar-refractivity contribution in [2.45, 2.75) is 26.7 Å². The minimum Gasteiger partial charge on any atom is -0.273 e. The molecule has 2 rings (SSSR count). The summed E-state index contributed by atoms with van der Waals surface area (Å²) in [5.41, 5.74) is 5.71. The minimum absolute atomic E-state index is 0.00982. The molecule has 0 atom stereocenters. The number of hydrazone groups is 1. The van der Waals surface area contributed by atoms with Gasteiger partial charge < -0.3 is 0 Å². The first-order valence-corrected chi connectivity index (χ1v) is 7.65. The summed E-state index contributed by atoms with van der Waals surface area (Å²) in [4.78, 5) is 22.3. The Morgan fingerprint density at radius 1 is 1.17 bits per heavy atom. The van der Waals surface area contributed by atoms with Gasteiger partial charge in [-0.2, -0.15) is 5.10 Å². The van der Waals surface area contributed by atoms with E-state index in [0.29, 0.717) is 11.3 Å². The Kier molecular flexibility index (Phi) is 5.78. The highest BCUT2D eigenvalue weighted by Crippen LogP contribution is 2.13. The molecule has 0 aliphatic carbocycles. The molecule has 6 nitrogen and oxygen atoms in total. The molecule has 0 saturated carbocycles. The summed E-state index contributed by atoms with van der Waals surface area (Å²) in [6.07, 6.45) is 1.19. The van der Waals surface area contributed by atoms with Crippen molar-refractivity contribution in [1.29, 1.82) is 0 Å². The Morgan fingerprint density at radius 2 is 1.83 bits per heavy atom. The summed E-state index contributed by atoms with van der Waals surface area (Å²) < 4.78 is 0. The Hall–Kier alpha value is -3.02. The molecule has 0 aliphatic heterocycles. The van der Waals surface area contributed by atoms with Crippen LogP contribution in [0, 0.1) is 10.1 Å². The number of non-ortho nitro benzene ring substituents is 1. The van der Waals surface area contributed by atoms with E-state index in [2.05, 4.69) is 17.5 Å². The van der Waals surface area contributed by atoms with Crippen molar-refractivity contribution in [3.05, 3.63) is 75.3 Å². The maximum Gasteiger partial charge on any atom is 0.270 e. The Labute approximate surface area is 140 Å². The quantitative estimate of drug-likeness (QED) is 0.502. The van der Waals surface area contributed by atoms with Gasteiger partial charge in [0.15, 0.2) is 0 Å². The van der Waals surface area contributed by atoms with Gasteiger partial charge in [0.1, 0.15) is 0 Å². The van der Waals surface area contributed by atoms with E-state index in [0.717, 1.165) is 12.0 Å². The van der Waals surface area contributed by atoms with E-state index >= 15 is 0 Å². The Bertz CT molecular complexity index is 767. The van der Waals surface area contributed by atoms with Gasteiger partial charge >= 0.3 is 0 Å². The predicted molar refractivity (Wildman–Crippen MR) is 93.0 cm³/mol. The van der Waals surface area contributed by atoms with E-state index in [4.69, 9.17) is 0 Å². The molecule has 0 spiro atoms. The van der Waals surface area contributed by atoms with Crippen molar-refractivity contribution < 1.29 is 9.72 Å². The molecule has 0 fully saturated rings. The van der Waals surface area contributed by atoms with E-state index in [1.165, 1.54) is 17.7 Å². The van der Waals surface area contributed by atoms with Gasteiger partial charge in [0.05, 0.1) is 17.1 Å². The highest BCUT2D eigenvalue weighted by molar-refractivity contribution is 5.99. The number of hydrogen-bond acceptors (Lipinski definition) is 4. The second-order valence-electron chi connectivity index (χ2n) is 5.39. The standard InChI is InChI=1S/C18H19N3O3/c1-3-14-7-9-15(10-8-14)11-18(22)20-19-13(2)16-5-4-6-17(12-16)21(23)24/h4-10,12H,3,11H2,1-2H3,(H,20,22)/b19-13-. The van der Waals surface area contributed by atoms with Crippen LogP contribution in [0.3, 0.4) is 0 Å². The lowest BCUT2D eigenvalue weighted by molar-refractivity contribution is -0.384. The molecular formula is C18H19N3O3. The molecule has 0 saturated heterocycles. The van der Waals surface area contributed by atoms with Gasteiger partial charge in [-0.25, -0.2) is 5.43 Å². The average Bonchev–Trinajstić information content (AvgIpc) is 2.60. The lowest BCUT2D eigenvalue weighted by Gasteiger charge is -2.04. The molecule has 2 aromatic carbocycles. The highest BCUT2D eigenvalue weighted by Gasteiger charge is 2.08. The van der Waals surface area contributed by atoms with Crippen molar-refractivity contribution >= 4 is 17.3 Å². The van der Waals surface area contributed by atoms with Crippen molar-refractivity contribution in [3.63, 3.8) is 0 Å². The molecule has 0 heterocycles. The monoisotopic (exact) mass is 325 g/mol. The number of hydrogen-bond donors (Lipinski definition) is 1. The second-order valence-corrected chi connectivity index (χ2v) is 5.39. The van der Waals surface area contributed by atoms with Crippen LogP contribution in [0.5, 0.6) is 0 Å². The molecule has 0 aliphatic rings. The summed E-state index contributed by atoms with van der Waals surface area (Å²) in [5, 5.41) is 14.8. The molecule has 0 bridgehead atoms. The second kappa shape index (κ2) is 8.01. The number of nitrogens with one attached hydrogen (secondary N) is 1. The number of nitrogens with zero attached hydrogens (tertiary/aromatic N) is 2. The number of aryl methyl sites for hydroxylation is 1. The molecule has 124 valence electrons. The first-order chi connectivity index (χ1) is 11.5. The van der Waals surface area contributed by atoms with Gasteiger partial charge in [-0.1, -0.05) is 43.3 Å². The SMILES string of the molecule is CCc1ccc(CC(=O)N/N=C(/C)c2cccc([N+](=O)[O-])c2)cc1. The Balaban J connectivity index is 1.99. The van der Waals surface area contributed by atoms with E-state index in [-0.39, 0.29) is 18.0 Å². The van der Waals surface area contributed by atoms with E-state index < -0.39 is 4.92 Å². The van der Waals surface area contributed by atoms with Crippen molar-refractivity contribution in [2.75, 3.05) is 0 Å². The van der Waals surface area contributed by atoms with Gasteiger partial charge in [-0.3, -0.25) is 14.9 Å². The molecule has 24 heavy (non-hydrogen) atoms. The third-order valence-corrected chi connectivity index (χ3v) is 3.62. The van der Waals surface area contributed by atoms with Crippen LogP contribution in [-0.2, 0) is 17.6 Å². The number of rotatable bonds is 6. The zero-order valence-electron chi connectivity index (χ0n) is 13.7. The number of carbonyl (C=O) groups excluding carboxylic acids is 1. The summed E-state index contributed by atoms with van der Waals surface area (Å²) in [6, 6.07) is 14.0. The molecule has 1 amide bonds. The maximum absolute atomic E-state index is 12.0. The van der Waals surface area contributed by atoms with Gasteiger partial charge in [0.2, 0.25) is 5.91 Å². The molecule has 0 radical (unpaired) electrons. The predicted octanol–water partition coefficient (Wildman–Crippen LogP) is 3.24. The maximum atomic E-state index is 12.0. The zero-order valence-corrected chi connectivity index (χ0v) is 13.7. The van der Waals surface area contributed by atoms with Crippen LogP contribution in [0.25, 0.3) is 0 Å². The first-order valence-electron chi connectivity index (χ1n) is 7.65. The van der Waals surface area contributed by atoms with E-state index in [9.17, 15) is 14.9 Å². The normalized spacial score (nSPS) is 11.2. The number of carbonyl (C=O) groups is 1.